The Hall–Kier alpha value is -3.63. The number of hydrogen-bond donors (Lipinski definition) is 0. The van der Waals surface area contributed by atoms with Gasteiger partial charge in [0.25, 0.3) is 5.91 Å². The summed E-state index contributed by atoms with van der Waals surface area (Å²) in [5.74, 6) is -0.389. The Morgan fingerprint density at radius 1 is 1.08 bits per heavy atom. The summed E-state index contributed by atoms with van der Waals surface area (Å²) in [7, 11) is 1.83. The highest BCUT2D eigenvalue weighted by Crippen LogP contribution is 2.34. The van der Waals surface area contributed by atoms with Crippen LogP contribution in [-0.4, -0.2) is 61.3 Å². The molecular formula is C27H31F3N6O2. The van der Waals surface area contributed by atoms with E-state index in [2.05, 4.69) is 22.3 Å². The van der Waals surface area contributed by atoms with Gasteiger partial charge in [-0.05, 0) is 62.3 Å². The van der Waals surface area contributed by atoms with Crippen LogP contribution in [0.4, 0.5) is 13.2 Å². The van der Waals surface area contributed by atoms with Crippen LogP contribution in [0.15, 0.2) is 42.6 Å². The van der Waals surface area contributed by atoms with Crippen LogP contribution < -0.4 is 0 Å². The molecule has 0 radical (unpaired) electrons. The van der Waals surface area contributed by atoms with E-state index in [-0.39, 0.29) is 36.1 Å². The number of carbonyl (C=O) groups is 2. The molecule has 2 aromatic heterocycles. The highest BCUT2D eigenvalue weighted by Gasteiger charge is 2.35. The number of benzene rings is 1. The van der Waals surface area contributed by atoms with Crippen LogP contribution in [0.5, 0.6) is 0 Å². The molecule has 202 valence electrons. The van der Waals surface area contributed by atoms with E-state index < -0.39 is 11.9 Å². The van der Waals surface area contributed by atoms with Crippen molar-refractivity contribution >= 4 is 11.8 Å². The number of nitrogens with zero attached hydrogens (tertiary/aromatic N) is 6. The smallest absolute Gasteiger partial charge is 0.341 e. The lowest BCUT2D eigenvalue weighted by Gasteiger charge is -2.33. The minimum atomic E-state index is -4.54. The molecule has 0 N–H and O–H groups in total. The molecule has 0 saturated carbocycles. The van der Waals surface area contributed by atoms with E-state index >= 15 is 0 Å². The number of halogens is 3. The molecule has 1 saturated heterocycles. The number of hydrogen-bond acceptors (Lipinski definition) is 4. The molecule has 11 heteroatoms. The fourth-order valence-corrected chi connectivity index (χ4v) is 5.52. The average Bonchev–Trinajstić information content (AvgIpc) is 3.55. The number of carbonyl (C=O) groups excluding carboxylic acids is 2. The van der Waals surface area contributed by atoms with E-state index in [1.54, 1.807) is 20.5 Å². The zero-order valence-electron chi connectivity index (χ0n) is 21.5. The van der Waals surface area contributed by atoms with Gasteiger partial charge in [0, 0.05) is 32.0 Å². The number of likely N-dealkylation sites (tertiary alicyclic amines) is 1. The third-order valence-electron chi connectivity index (χ3n) is 7.70. The summed E-state index contributed by atoms with van der Waals surface area (Å²) in [6.07, 6.45) is 1.52. The molecule has 38 heavy (non-hydrogen) atoms. The number of amides is 2. The Balaban J connectivity index is 1.18. The molecule has 1 aromatic carbocycles. The number of alkyl halides is 3. The predicted molar refractivity (Wildman–Crippen MR) is 133 cm³/mol. The van der Waals surface area contributed by atoms with Crippen LogP contribution in [0.1, 0.15) is 70.8 Å². The average molecular weight is 529 g/mol. The van der Waals surface area contributed by atoms with Crippen molar-refractivity contribution in [1.82, 2.24) is 29.4 Å². The molecule has 0 unspecified atom stereocenters. The summed E-state index contributed by atoms with van der Waals surface area (Å²) >= 11 is 0. The van der Waals surface area contributed by atoms with E-state index in [1.165, 1.54) is 18.1 Å². The van der Waals surface area contributed by atoms with Gasteiger partial charge >= 0.3 is 6.18 Å². The van der Waals surface area contributed by atoms with Crippen molar-refractivity contribution in [3.63, 3.8) is 0 Å². The first-order valence-electron chi connectivity index (χ1n) is 12.9. The highest BCUT2D eigenvalue weighted by molar-refractivity contribution is 5.92. The number of aryl methyl sites for hydroxylation is 2. The number of fused-ring (bicyclic) bond motifs is 1. The van der Waals surface area contributed by atoms with Crippen molar-refractivity contribution in [3.05, 3.63) is 70.8 Å². The molecule has 0 bridgehead atoms. The van der Waals surface area contributed by atoms with Crippen molar-refractivity contribution in [1.29, 1.82) is 0 Å². The fraction of sp³-hybridized carbons (Fsp3) is 0.481. The SMILES string of the molecule is Cc1cc(C(F)(F)F)nn1CC(=O)N1CCC(n2ccc(C(=O)N(C)[C@@H]3CCCc4ccccc43)n2)CC1. The summed E-state index contributed by atoms with van der Waals surface area (Å²) in [4.78, 5) is 29.4. The second-order valence-electron chi connectivity index (χ2n) is 10.1. The van der Waals surface area contributed by atoms with Crippen LogP contribution in [-0.2, 0) is 23.9 Å². The Morgan fingerprint density at radius 3 is 2.53 bits per heavy atom. The van der Waals surface area contributed by atoms with Gasteiger partial charge in [0.1, 0.15) is 12.2 Å². The third kappa shape index (κ3) is 5.19. The van der Waals surface area contributed by atoms with Crippen LogP contribution >= 0.6 is 0 Å². The van der Waals surface area contributed by atoms with Crippen molar-refractivity contribution in [2.24, 2.45) is 0 Å². The first kappa shape index (κ1) is 26.0. The highest BCUT2D eigenvalue weighted by atomic mass is 19.4. The van der Waals surface area contributed by atoms with Crippen molar-refractivity contribution in [2.45, 2.75) is 63.8 Å². The first-order valence-corrected chi connectivity index (χ1v) is 12.9. The summed E-state index contributed by atoms with van der Waals surface area (Å²) in [5.41, 5.74) is 2.17. The van der Waals surface area contributed by atoms with Crippen LogP contribution in [0.25, 0.3) is 0 Å². The molecule has 1 atom stereocenters. The van der Waals surface area contributed by atoms with Crippen molar-refractivity contribution < 1.29 is 22.8 Å². The Morgan fingerprint density at radius 2 is 1.82 bits per heavy atom. The van der Waals surface area contributed by atoms with E-state index in [0.717, 1.165) is 30.0 Å². The lowest BCUT2D eigenvalue weighted by atomic mass is 9.87. The van der Waals surface area contributed by atoms with Crippen molar-refractivity contribution in [3.8, 4) is 0 Å². The van der Waals surface area contributed by atoms with E-state index in [4.69, 9.17) is 0 Å². The lowest BCUT2D eigenvalue weighted by Crippen LogP contribution is -2.41. The standard InChI is InChI=1S/C27H31F3N6O2/c1-18-16-24(27(28,29)30)32-36(18)17-25(37)34-13-10-20(11-14-34)35-15-12-22(31-35)26(38)33(2)23-9-5-7-19-6-3-4-8-21(19)23/h3-4,6,8,12,15-16,20,23H,5,7,9-11,13-14,17H2,1-2H3/t23-/m1/s1. The third-order valence-corrected chi connectivity index (χ3v) is 7.70. The maximum atomic E-state index is 13.3. The van der Waals surface area contributed by atoms with Gasteiger partial charge in [-0.3, -0.25) is 19.0 Å². The Labute approximate surface area is 219 Å². The molecule has 5 rings (SSSR count). The van der Waals surface area contributed by atoms with Gasteiger partial charge < -0.3 is 9.80 Å². The molecule has 0 spiro atoms. The van der Waals surface area contributed by atoms with Gasteiger partial charge in [-0.15, -0.1) is 0 Å². The minimum absolute atomic E-state index is 0.0254. The Bertz CT molecular complexity index is 1320. The quantitative estimate of drug-likeness (QED) is 0.491. The van der Waals surface area contributed by atoms with Gasteiger partial charge in [0.05, 0.1) is 12.1 Å². The molecule has 2 aliphatic rings. The van der Waals surface area contributed by atoms with E-state index in [9.17, 15) is 22.8 Å². The molecule has 2 amide bonds. The first-order chi connectivity index (χ1) is 18.1. The molecule has 1 aliphatic heterocycles. The van der Waals surface area contributed by atoms with Gasteiger partial charge in [-0.2, -0.15) is 23.4 Å². The maximum Gasteiger partial charge on any atom is 0.435 e. The lowest BCUT2D eigenvalue weighted by molar-refractivity contribution is -0.142. The number of piperidine rings is 1. The van der Waals surface area contributed by atoms with Gasteiger partial charge in [0.2, 0.25) is 5.91 Å². The van der Waals surface area contributed by atoms with Crippen molar-refractivity contribution in [2.75, 3.05) is 20.1 Å². The minimum Gasteiger partial charge on any atom is -0.341 e. The topological polar surface area (TPSA) is 76.3 Å². The number of rotatable bonds is 5. The largest absolute Gasteiger partial charge is 0.435 e. The fourth-order valence-electron chi connectivity index (χ4n) is 5.52. The molecule has 1 aliphatic carbocycles. The molecule has 3 aromatic rings. The van der Waals surface area contributed by atoms with Gasteiger partial charge in [-0.1, -0.05) is 24.3 Å². The second-order valence-corrected chi connectivity index (χ2v) is 10.1. The normalized spacial score (nSPS) is 18.3. The van der Waals surface area contributed by atoms with Gasteiger partial charge in [0.15, 0.2) is 5.69 Å². The van der Waals surface area contributed by atoms with Gasteiger partial charge in [-0.25, -0.2) is 0 Å². The van der Waals surface area contributed by atoms with Crippen LogP contribution in [0, 0.1) is 6.92 Å². The summed E-state index contributed by atoms with van der Waals surface area (Å²) < 4.78 is 41.7. The van der Waals surface area contributed by atoms with Crippen LogP contribution in [0.3, 0.4) is 0 Å². The molecule has 1 fully saturated rings. The Kier molecular flexibility index (Phi) is 7.02. The predicted octanol–water partition coefficient (Wildman–Crippen LogP) is 4.42. The maximum absolute atomic E-state index is 13.3. The summed E-state index contributed by atoms with van der Waals surface area (Å²) in [6, 6.07) is 11.0. The summed E-state index contributed by atoms with van der Waals surface area (Å²) in [5, 5.41) is 8.13. The van der Waals surface area contributed by atoms with E-state index in [1.807, 2.05) is 25.4 Å². The molecule has 8 nitrogen and oxygen atoms in total. The molecular weight excluding hydrogens is 497 g/mol. The van der Waals surface area contributed by atoms with E-state index in [0.29, 0.717) is 31.6 Å². The summed E-state index contributed by atoms with van der Waals surface area (Å²) in [6.45, 7) is 2.18. The van der Waals surface area contributed by atoms with Crippen LogP contribution in [0.2, 0.25) is 0 Å². The monoisotopic (exact) mass is 528 g/mol. The zero-order chi connectivity index (χ0) is 27.0. The zero-order valence-corrected chi connectivity index (χ0v) is 21.5. The molecule has 3 heterocycles. The second kappa shape index (κ2) is 10.3. The number of aromatic nitrogens is 4.